The highest BCUT2D eigenvalue weighted by Crippen LogP contribution is 2.29. The van der Waals surface area contributed by atoms with Crippen LogP contribution in [0.25, 0.3) is 0 Å². The normalized spacial score (nSPS) is 9.23. The highest BCUT2D eigenvalue weighted by Gasteiger charge is 2.10. The van der Waals surface area contributed by atoms with E-state index in [4.69, 9.17) is 5.26 Å². The molecule has 0 unspecified atom stereocenters. The van der Waals surface area contributed by atoms with Gasteiger partial charge in [0.15, 0.2) is 0 Å². The summed E-state index contributed by atoms with van der Waals surface area (Å²) in [6.07, 6.45) is 0. The number of nitro benzene ring substituents is 1. The summed E-state index contributed by atoms with van der Waals surface area (Å²) in [5.74, 6) is -0.649. The van der Waals surface area contributed by atoms with Crippen LogP contribution in [0.4, 0.5) is 5.69 Å². The summed E-state index contributed by atoms with van der Waals surface area (Å²) < 4.78 is 0.184. The largest absolute Gasteiger partial charge is 0.867 e. The van der Waals surface area contributed by atoms with E-state index in [2.05, 4.69) is 0 Å². The molecular weight excluding hydrogens is 287 g/mol. The first kappa shape index (κ1) is 9.73. The van der Waals surface area contributed by atoms with E-state index in [1.54, 1.807) is 28.7 Å². The smallest absolute Gasteiger partial charge is 0.264 e. The molecule has 5 nitrogen and oxygen atoms in total. The summed E-state index contributed by atoms with van der Waals surface area (Å²) in [5, 5.41) is 29.9. The van der Waals surface area contributed by atoms with Crippen LogP contribution >= 0.6 is 22.6 Å². The predicted molar refractivity (Wildman–Crippen MR) is 50.0 cm³/mol. The molecule has 0 radical (unpaired) electrons. The van der Waals surface area contributed by atoms with Gasteiger partial charge in [0, 0.05) is 9.64 Å². The zero-order valence-electron chi connectivity index (χ0n) is 6.15. The van der Waals surface area contributed by atoms with E-state index >= 15 is 0 Å². The van der Waals surface area contributed by atoms with Crippen LogP contribution in [-0.2, 0) is 0 Å². The van der Waals surface area contributed by atoms with Gasteiger partial charge in [0.25, 0.3) is 5.69 Å². The quantitative estimate of drug-likeness (QED) is 0.440. The van der Waals surface area contributed by atoms with Gasteiger partial charge in [-0.15, -0.1) is 0 Å². The topological polar surface area (TPSA) is 90.0 Å². The molecule has 6 heteroatoms. The summed E-state index contributed by atoms with van der Waals surface area (Å²) in [6, 6.07) is 4.03. The maximum Gasteiger partial charge on any atom is 0.264 e. The van der Waals surface area contributed by atoms with Crippen molar-refractivity contribution in [2.24, 2.45) is 0 Å². The Morgan fingerprint density at radius 1 is 1.54 bits per heavy atom. The Bertz CT molecular complexity index is 411. The van der Waals surface area contributed by atoms with Crippen molar-refractivity contribution in [1.29, 1.82) is 5.26 Å². The van der Waals surface area contributed by atoms with E-state index in [0.717, 1.165) is 6.07 Å². The van der Waals surface area contributed by atoms with Crippen LogP contribution in [0.1, 0.15) is 5.56 Å². The zero-order valence-corrected chi connectivity index (χ0v) is 8.31. The van der Waals surface area contributed by atoms with E-state index in [1.807, 2.05) is 0 Å². The molecule has 1 aromatic carbocycles. The number of hydrogen-bond acceptors (Lipinski definition) is 4. The van der Waals surface area contributed by atoms with Crippen molar-refractivity contribution in [3.8, 4) is 11.8 Å². The Morgan fingerprint density at radius 2 is 2.15 bits per heavy atom. The van der Waals surface area contributed by atoms with E-state index in [1.165, 1.54) is 6.07 Å². The average molecular weight is 289 g/mol. The van der Waals surface area contributed by atoms with Crippen LogP contribution in [0.2, 0.25) is 0 Å². The summed E-state index contributed by atoms with van der Waals surface area (Å²) in [4.78, 5) is 9.55. The van der Waals surface area contributed by atoms with Crippen LogP contribution in [0.3, 0.4) is 0 Å². The molecular formula is C7H2IN2O3-. The minimum Gasteiger partial charge on any atom is -0.867 e. The molecule has 66 valence electrons. The molecule has 0 aliphatic rings. The third-order valence-corrected chi connectivity index (χ3v) is 2.15. The minimum absolute atomic E-state index is 0.121. The predicted octanol–water partition coefficient (Wildman–Crippen LogP) is 1.14. The first-order chi connectivity index (χ1) is 6.06. The Morgan fingerprint density at radius 3 is 2.62 bits per heavy atom. The second-order valence-corrected chi connectivity index (χ2v) is 3.34. The van der Waals surface area contributed by atoms with Gasteiger partial charge >= 0.3 is 0 Å². The van der Waals surface area contributed by atoms with Crippen molar-refractivity contribution in [1.82, 2.24) is 0 Å². The molecule has 1 rings (SSSR count). The van der Waals surface area contributed by atoms with Crippen molar-refractivity contribution in [3.05, 3.63) is 31.4 Å². The fraction of sp³-hybridized carbons (Fsp3) is 0. The molecule has 0 spiro atoms. The lowest BCUT2D eigenvalue weighted by Crippen LogP contribution is -2.00. The molecule has 1 aromatic rings. The summed E-state index contributed by atoms with van der Waals surface area (Å²) >= 11 is 1.66. The van der Waals surface area contributed by atoms with Gasteiger partial charge in [-0.1, -0.05) is 0 Å². The Labute approximate surface area is 86.9 Å². The first-order valence-electron chi connectivity index (χ1n) is 3.11. The monoisotopic (exact) mass is 289 g/mol. The third kappa shape index (κ3) is 1.86. The van der Waals surface area contributed by atoms with Crippen molar-refractivity contribution < 1.29 is 10.0 Å². The summed E-state index contributed by atoms with van der Waals surface area (Å²) in [6.45, 7) is 0. The zero-order chi connectivity index (χ0) is 10.0. The molecule has 0 bridgehead atoms. The number of nitriles is 1. The average Bonchev–Trinajstić information content (AvgIpc) is 2.09. The molecule has 0 fully saturated rings. The molecule has 0 heterocycles. The molecule has 13 heavy (non-hydrogen) atoms. The van der Waals surface area contributed by atoms with Gasteiger partial charge in [0.05, 0.1) is 16.6 Å². The van der Waals surface area contributed by atoms with Gasteiger partial charge in [0.1, 0.15) is 0 Å². The maximum absolute atomic E-state index is 11.1. The molecule has 0 N–H and O–H groups in total. The van der Waals surface area contributed by atoms with Crippen LogP contribution in [0.5, 0.6) is 5.75 Å². The van der Waals surface area contributed by atoms with Crippen molar-refractivity contribution in [3.63, 3.8) is 0 Å². The highest BCUT2D eigenvalue weighted by atomic mass is 127. The second kappa shape index (κ2) is 3.57. The second-order valence-electron chi connectivity index (χ2n) is 2.18. The summed E-state index contributed by atoms with van der Waals surface area (Å²) in [7, 11) is 0. The van der Waals surface area contributed by atoms with Crippen LogP contribution in [0.15, 0.2) is 12.1 Å². The molecule has 0 atom stereocenters. The maximum atomic E-state index is 11.1. The van der Waals surface area contributed by atoms with Crippen molar-refractivity contribution in [2.45, 2.75) is 0 Å². The van der Waals surface area contributed by atoms with Gasteiger partial charge in [0.2, 0.25) is 0 Å². The van der Waals surface area contributed by atoms with Gasteiger partial charge < -0.3 is 5.11 Å². The van der Waals surface area contributed by atoms with E-state index in [9.17, 15) is 15.2 Å². The fourth-order valence-corrected chi connectivity index (χ4v) is 1.39. The van der Waals surface area contributed by atoms with E-state index in [-0.39, 0.29) is 9.13 Å². The number of benzene rings is 1. The van der Waals surface area contributed by atoms with Gasteiger partial charge in [-0.2, -0.15) is 5.26 Å². The van der Waals surface area contributed by atoms with E-state index < -0.39 is 16.4 Å². The number of hydrogen-bond donors (Lipinski definition) is 0. The van der Waals surface area contributed by atoms with Gasteiger partial charge in [-0.05, 0) is 34.4 Å². The van der Waals surface area contributed by atoms with Crippen LogP contribution < -0.4 is 5.11 Å². The van der Waals surface area contributed by atoms with E-state index in [0.29, 0.717) is 0 Å². The number of nitro groups is 1. The SMILES string of the molecule is N#Cc1cc(I)c([O-])c([N+](=O)[O-])c1. The minimum atomic E-state index is -0.786. The lowest BCUT2D eigenvalue weighted by molar-refractivity contribution is -0.398. The molecule has 0 amide bonds. The standard InChI is InChI=1S/C7H3IN2O3/c8-5-1-4(3-9)2-6(7(5)11)10(12)13/h1-2,11H/p-1. The number of halogens is 1. The number of nitrogens with zero attached hydrogens (tertiary/aromatic N) is 2. The van der Waals surface area contributed by atoms with Gasteiger partial charge in [-0.25, -0.2) is 0 Å². The van der Waals surface area contributed by atoms with Crippen LogP contribution in [-0.4, -0.2) is 4.92 Å². The van der Waals surface area contributed by atoms with Gasteiger partial charge in [-0.3, -0.25) is 10.1 Å². The number of rotatable bonds is 1. The molecule has 0 aliphatic heterocycles. The Kier molecular flexibility index (Phi) is 2.67. The van der Waals surface area contributed by atoms with Crippen LogP contribution in [0, 0.1) is 25.0 Å². The highest BCUT2D eigenvalue weighted by molar-refractivity contribution is 14.1. The fourth-order valence-electron chi connectivity index (χ4n) is 0.779. The molecule has 0 saturated heterocycles. The van der Waals surface area contributed by atoms with Crippen molar-refractivity contribution in [2.75, 3.05) is 0 Å². The first-order valence-corrected chi connectivity index (χ1v) is 4.19. The summed E-state index contributed by atoms with van der Waals surface area (Å²) in [5.41, 5.74) is -0.431. The molecule has 0 aliphatic carbocycles. The molecule has 0 aromatic heterocycles. The Balaban J connectivity index is 3.44. The lowest BCUT2D eigenvalue weighted by atomic mass is 10.2. The Hall–Kier alpha value is -1.36. The van der Waals surface area contributed by atoms with Crippen molar-refractivity contribution >= 4 is 28.3 Å². The lowest BCUT2D eigenvalue weighted by Gasteiger charge is -2.08. The molecule has 0 saturated carbocycles. The third-order valence-electron chi connectivity index (χ3n) is 1.35.